The maximum Gasteiger partial charge on any atom is 0.257 e. The topological polar surface area (TPSA) is 64.5 Å². The number of rotatable bonds is 5. The molecule has 0 saturated carbocycles. The molecule has 0 spiro atoms. The van der Waals surface area contributed by atoms with Crippen molar-refractivity contribution in [3.63, 3.8) is 0 Å². The molecule has 1 saturated heterocycles. The van der Waals surface area contributed by atoms with Crippen molar-refractivity contribution in [2.24, 2.45) is 5.92 Å². The third kappa shape index (κ3) is 3.53. The van der Waals surface area contributed by atoms with Crippen LogP contribution in [0.1, 0.15) is 10.4 Å². The Morgan fingerprint density at radius 2 is 2.13 bits per heavy atom. The van der Waals surface area contributed by atoms with Crippen molar-refractivity contribution in [1.29, 1.82) is 0 Å². The maximum absolute atomic E-state index is 12.4. The van der Waals surface area contributed by atoms with E-state index in [1.165, 1.54) is 12.4 Å². The quantitative estimate of drug-likeness (QED) is 0.840. The van der Waals surface area contributed by atoms with Crippen LogP contribution in [-0.4, -0.2) is 47.6 Å². The zero-order valence-corrected chi connectivity index (χ0v) is 13.4. The molecule has 1 aromatic carbocycles. The first-order valence-electron chi connectivity index (χ1n) is 7.20. The SMILES string of the molecule is COc1ccccc1C(=O)N1CC(COc2cncc(Cl)n2)C1. The average molecular weight is 334 g/mol. The van der Waals surface area contributed by atoms with Gasteiger partial charge in [0.1, 0.15) is 5.75 Å². The highest BCUT2D eigenvalue weighted by molar-refractivity contribution is 6.29. The van der Waals surface area contributed by atoms with Crippen LogP contribution in [0, 0.1) is 5.92 Å². The fourth-order valence-electron chi connectivity index (χ4n) is 2.43. The van der Waals surface area contributed by atoms with Crippen LogP contribution in [0.5, 0.6) is 11.6 Å². The van der Waals surface area contributed by atoms with Gasteiger partial charge >= 0.3 is 0 Å². The van der Waals surface area contributed by atoms with Gasteiger partial charge in [-0.15, -0.1) is 0 Å². The molecule has 2 aromatic rings. The van der Waals surface area contributed by atoms with Gasteiger partial charge in [-0.25, -0.2) is 0 Å². The molecular weight excluding hydrogens is 318 g/mol. The highest BCUT2D eigenvalue weighted by Crippen LogP contribution is 2.24. The number of nitrogens with zero attached hydrogens (tertiary/aromatic N) is 3. The number of hydrogen-bond donors (Lipinski definition) is 0. The number of aromatic nitrogens is 2. The Hall–Kier alpha value is -2.34. The summed E-state index contributed by atoms with van der Waals surface area (Å²) in [5.41, 5.74) is 0.579. The Labute approximate surface area is 139 Å². The third-order valence-corrected chi connectivity index (χ3v) is 3.81. The minimum atomic E-state index is -0.0266. The Balaban J connectivity index is 1.52. The number of amides is 1. The fraction of sp³-hybridized carbons (Fsp3) is 0.312. The normalized spacial score (nSPS) is 14.3. The summed E-state index contributed by atoms with van der Waals surface area (Å²) in [7, 11) is 1.56. The molecule has 0 N–H and O–H groups in total. The molecule has 0 aliphatic carbocycles. The molecule has 2 heterocycles. The molecule has 1 amide bonds. The van der Waals surface area contributed by atoms with E-state index < -0.39 is 0 Å². The van der Waals surface area contributed by atoms with Gasteiger partial charge < -0.3 is 14.4 Å². The van der Waals surface area contributed by atoms with Gasteiger partial charge in [0.25, 0.3) is 5.91 Å². The molecule has 6 nitrogen and oxygen atoms in total. The molecule has 0 unspecified atom stereocenters. The number of para-hydroxylation sites is 1. The summed E-state index contributed by atoms with van der Waals surface area (Å²) in [6, 6.07) is 7.22. The first kappa shape index (κ1) is 15.6. The Morgan fingerprint density at radius 3 is 2.87 bits per heavy atom. The van der Waals surface area contributed by atoms with Crippen molar-refractivity contribution in [1.82, 2.24) is 14.9 Å². The van der Waals surface area contributed by atoms with E-state index in [-0.39, 0.29) is 11.8 Å². The van der Waals surface area contributed by atoms with Crippen LogP contribution in [0.4, 0.5) is 0 Å². The van der Waals surface area contributed by atoms with Gasteiger partial charge in [-0.05, 0) is 12.1 Å². The van der Waals surface area contributed by atoms with Crippen molar-refractivity contribution >= 4 is 17.5 Å². The monoisotopic (exact) mass is 333 g/mol. The van der Waals surface area contributed by atoms with E-state index in [4.69, 9.17) is 21.1 Å². The number of carbonyl (C=O) groups is 1. The zero-order valence-electron chi connectivity index (χ0n) is 12.6. The van der Waals surface area contributed by atoms with E-state index in [2.05, 4.69) is 9.97 Å². The van der Waals surface area contributed by atoms with E-state index in [1.807, 2.05) is 12.1 Å². The lowest BCUT2D eigenvalue weighted by molar-refractivity contribution is 0.0385. The van der Waals surface area contributed by atoms with Crippen LogP contribution in [0.2, 0.25) is 5.15 Å². The van der Waals surface area contributed by atoms with Crippen molar-refractivity contribution in [3.8, 4) is 11.6 Å². The van der Waals surface area contributed by atoms with Crippen LogP contribution < -0.4 is 9.47 Å². The van der Waals surface area contributed by atoms with Crippen LogP contribution >= 0.6 is 11.6 Å². The van der Waals surface area contributed by atoms with Crippen LogP contribution in [0.3, 0.4) is 0 Å². The second-order valence-electron chi connectivity index (χ2n) is 5.27. The summed E-state index contributed by atoms with van der Waals surface area (Å²) in [5.74, 6) is 1.23. The van der Waals surface area contributed by atoms with Gasteiger partial charge in [0.2, 0.25) is 5.88 Å². The smallest absolute Gasteiger partial charge is 0.257 e. The van der Waals surface area contributed by atoms with Crippen LogP contribution in [0.25, 0.3) is 0 Å². The maximum atomic E-state index is 12.4. The van der Waals surface area contributed by atoms with E-state index in [0.717, 1.165) is 0 Å². The zero-order chi connectivity index (χ0) is 16.2. The second-order valence-corrected chi connectivity index (χ2v) is 5.65. The van der Waals surface area contributed by atoms with Crippen molar-refractivity contribution in [2.45, 2.75) is 0 Å². The number of ether oxygens (including phenoxy) is 2. The summed E-state index contributed by atoms with van der Waals surface area (Å²) >= 11 is 5.75. The number of likely N-dealkylation sites (tertiary alicyclic amines) is 1. The largest absolute Gasteiger partial charge is 0.496 e. The van der Waals surface area contributed by atoms with Gasteiger partial charge in [0.05, 0.1) is 31.7 Å². The lowest BCUT2D eigenvalue weighted by atomic mass is 9.99. The third-order valence-electron chi connectivity index (χ3n) is 3.63. The van der Waals surface area contributed by atoms with E-state index in [0.29, 0.717) is 42.0 Å². The summed E-state index contributed by atoms with van der Waals surface area (Å²) in [6.07, 6.45) is 2.97. The predicted octanol–water partition coefficient (Wildman–Crippen LogP) is 2.29. The number of methoxy groups -OCH3 is 1. The molecule has 1 aromatic heterocycles. The minimum absolute atomic E-state index is 0.0266. The second kappa shape index (κ2) is 6.83. The number of benzene rings is 1. The molecule has 120 valence electrons. The molecule has 0 atom stereocenters. The van der Waals surface area contributed by atoms with E-state index in [9.17, 15) is 4.79 Å². The standard InChI is InChI=1S/C16H16ClN3O3/c1-22-13-5-3-2-4-12(13)16(21)20-8-11(9-20)10-23-15-7-18-6-14(17)19-15/h2-7,11H,8-10H2,1H3. The molecule has 1 aliphatic heterocycles. The van der Waals surface area contributed by atoms with Crippen molar-refractivity contribution in [2.75, 3.05) is 26.8 Å². The lowest BCUT2D eigenvalue weighted by Crippen LogP contribution is -2.52. The average Bonchev–Trinajstić information content (AvgIpc) is 2.53. The Kier molecular flexibility index (Phi) is 4.62. The van der Waals surface area contributed by atoms with Gasteiger partial charge in [-0.2, -0.15) is 4.98 Å². The number of halogens is 1. The van der Waals surface area contributed by atoms with E-state index in [1.54, 1.807) is 24.1 Å². The van der Waals surface area contributed by atoms with Gasteiger partial charge in [-0.1, -0.05) is 23.7 Å². The summed E-state index contributed by atoms with van der Waals surface area (Å²) in [5, 5.41) is 0.295. The first-order chi connectivity index (χ1) is 11.2. The molecule has 7 heteroatoms. The first-order valence-corrected chi connectivity index (χ1v) is 7.58. The van der Waals surface area contributed by atoms with Crippen LogP contribution in [0.15, 0.2) is 36.7 Å². The molecule has 23 heavy (non-hydrogen) atoms. The lowest BCUT2D eigenvalue weighted by Gasteiger charge is -2.39. The number of carbonyl (C=O) groups excluding carboxylic acids is 1. The predicted molar refractivity (Wildman–Crippen MR) is 84.9 cm³/mol. The molecule has 0 radical (unpaired) electrons. The molecular formula is C16H16ClN3O3. The molecule has 3 rings (SSSR count). The Morgan fingerprint density at radius 1 is 1.35 bits per heavy atom. The van der Waals surface area contributed by atoms with Crippen molar-refractivity contribution in [3.05, 3.63) is 47.4 Å². The minimum Gasteiger partial charge on any atom is -0.496 e. The van der Waals surface area contributed by atoms with Crippen molar-refractivity contribution < 1.29 is 14.3 Å². The highest BCUT2D eigenvalue weighted by Gasteiger charge is 2.32. The molecule has 1 fully saturated rings. The Bertz CT molecular complexity index is 704. The van der Waals surface area contributed by atoms with Gasteiger partial charge in [-0.3, -0.25) is 9.78 Å². The fourth-order valence-corrected chi connectivity index (χ4v) is 2.57. The molecule has 1 aliphatic rings. The molecule has 0 bridgehead atoms. The van der Waals surface area contributed by atoms with E-state index >= 15 is 0 Å². The highest BCUT2D eigenvalue weighted by atomic mass is 35.5. The van der Waals surface area contributed by atoms with Crippen LogP contribution in [-0.2, 0) is 0 Å². The summed E-state index contributed by atoms with van der Waals surface area (Å²) in [6.45, 7) is 1.76. The number of hydrogen-bond acceptors (Lipinski definition) is 5. The summed E-state index contributed by atoms with van der Waals surface area (Å²) < 4.78 is 10.8. The van der Waals surface area contributed by atoms with Gasteiger partial charge in [0, 0.05) is 19.0 Å². The van der Waals surface area contributed by atoms with Gasteiger partial charge in [0.15, 0.2) is 5.15 Å². The summed E-state index contributed by atoms with van der Waals surface area (Å²) in [4.78, 5) is 22.1.